The molecule has 1 rings (SSSR count). The average molecular weight is 306 g/mol. The van der Waals surface area contributed by atoms with Gasteiger partial charge >= 0.3 is 11.9 Å². The van der Waals surface area contributed by atoms with Gasteiger partial charge in [0.15, 0.2) is 0 Å². The summed E-state index contributed by atoms with van der Waals surface area (Å²) in [7, 11) is 0. The lowest BCUT2D eigenvalue weighted by Gasteiger charge is -2.27. The summed E-state index contributed by atoms with van der Waals surface area (Å²) in [4.78, 5) is 33.3. The number of esters is 1. The first-order valence-electron chi connectivity index (χ1n) is 7.15. The van der Waals surface area contributed by atoms with Crippen LogP contribution in [-0.4, -0.2) is 23.3 Å². The highest BCUT2D eigenvalue weighted by atomic mass is 16.5. The molecule has 0 amide bonds. The summed E-state index contributed by atoms with van der Waals surface area (Å²) in [6, 6.07) is 3.71. The van der Waals surface area contributed by atoms with Crippen LogP contribution in [-0.2, 0) is 19.8 Å². The van der Waals surface area contributed by atoms with Crippen LogP contribution < -0.4 is 4.74 Å². The zero-order valence-corrected chi connectivity index (χ0v) is 13.4. The van der Waals surface area contributed by atoms with E-state index in [-0.39, 0.29) is 12.8 Å². The smallest absolute Gasteiger partial charge is 0.311 e. The minimum Gasteiger partial charge on any atom is -0.481 e. The fourth-order valence-electron chi connectivity index (χ4n) is 2.57. The second-order valence-corrected chi connectivity index (χ2v) is 6.08. The molecule has 0 aliphatic rings. The van der Waals surface area contributed by atoms with Gasteiger partial charge in [-0.25, -0.2) is 0 Å². The SMILES string of the molecule is Cc1cc(C)c(C(C)(C)CC=O)c(OC(=O)CCC(=O)O)c1. The second-order valence-electron chi connectivity index (χ2n) is 6.08. The van der Waals surface area contributed by atoms with Crippen molar-refractivity contribution in [3.63, 3.8) is 0 Å². The van der Waals surface area contributed by atoms with Crippen molar-refractivity contribution in [2.75, 3.05) is 0 Å². The van der Waals surface area contributed by atoms with Crippen LogP contribution in [0.15, 0.2) is 12.1 Å². The molecule has 0 aliphatic carbocycles. The van der Waals surface area contributed by atoms with E-state index >= 15 is 0 Å². The Labute approximate surface area is 130 Å². The standard InChI is InChI=1S/C17H22O5/c1-11-9-12(2)16(17(3,4)7-8-18)13(10-11)22-15(21)6-5-14(19)20/h8-10H,5-7H2,1-4H3,(H,19,20). The van der Waals surface area contributed by atoms with Crippen LogP contribution in [0, 0.1) is 13.8 Å². The molecule has 0 aliphatic heterocycles. The number of hydrogen-bond acceptors (Lipinski definition) is 4. The Balaban J connectivity index is 3.15. The van der Waals surface area contributed by atoms with Crippen LogP contribution >= 0.6 is 0 Å². The van der Waals surface area contributed by atoms with Crippen molar-refractivity contribution in [1.29, 1.82) is 0 Å². The maximum absolute atomic E-state index is 11.8. The molecule has 5 heteroatoms. The highest BCUT2D eigenvalue weighted by molar-refractivity contribution is 5.78. The van der Waals surface area contributed by atoms with Gasteiger partial charge in [0.1, 0.15) is 12.0 Å². The van der Waals surface area contributed by atoms with Gasteiger partial charge < -0.3 is 14.6 Å². The number of carboxylic acid groups (broad SMARTS) is 1. The van der Waals surface area contributed by atoms with Gasteiger partial charge in [-0.15, -0.1) is 0 Å². The number of hydrogen-bond donors (Lipinski definition) is 1. The van der Waals surface area contributed by atoms with Gasteiger partial charge in [0, 0.05) is 17.4 Å². The maximum atomic E-state index is 11.8. The van der Waals surface area contributed by atoms with E-state index in [9.17, 15) is 14.4 Å². The van der Waals surface area contributed by atoms with Crippen molar-refractivity contribution in [2.24, 2.45) is 0 Å². The summed E-state index contributed by atoms with van der Waals surface area (Å²) in [5.41, 5.74) is 2.20. The first kappa shape index (κ1) is 17.9. The predicted molar refractivity (Wildman–Crippen MR) is 82.1 cm³/mol. The molecule has 22 heavy (non-hydrogen) atoms. The summed E-state index contributed by atoms with van der Waals surface area (Å²) >= 11 is 0. The Hall–Kier alpha value is -2.17. The van der Waals surface area contributed by atoms with Crippen LogP contribution in [0.3, 0.4) is 0 Å². The number of carbonyl (C=O) groups is 3. The number of carbonyl (C=O) groups excluding carboxylic acids is 2. The molecule has 0 heterocycles. The number of aryl methyl sites for hydroxylation is 2. The average Bonchev–Trinajstić information content (AvgIpc) is 2.34. The summed E-state index contributed by atoms with van der Waals surface area (Å²) in [6.07, 6.45) is 0.693. The van der Waals surface area contributed by atoms with Gasteiger partial charge in [-0.3, -0.25) is 9.59 Å². The largest absolute Gasteiger partial charge is 0.481 e. The second kappa shape index (κ2) is 7.20. The Bertz CT molecular complexity index is 587. The van der Waals surface area contributed by atoms with Gasteiger partial charge in [0.05, 0.1) is 12.8 Å². The van der Waals surface area contributed by atoms with Crippen LogP contribution in [0.1, 0.15) is 49.8 Å². The predicted octanol–water partition coefficient (Wildman–Crippen LogP) is 2.94. The van der Waals surface area contributed by atoms with E-state index in [2.05, 4.69) is 0 Å². The van der Waals surface area contributed by atoms with Crippen LogP contribution in [0.4, 0.5) is 0 Å². The molecule has 120 valence electrons. The van der Waals surface area contributed by atoms with Crippen LogP contribution in [0.5, 0.6) is 5.75 Å². The lowest BCUT2D eigenvalue weighted by atomic mass is 9.78. The molecule has 0 atom stereocenters. The molecule has 1 N–H and O–H groups in total. The number of carboxylic acids is 1. The van der Waals surface area contributed by atoms with Gasteiger partial charge in [0.25, 0.3) is 0 Å². The fourth-order valence-corrected chi connectivity index (χ4v) is 2.57. The monoisotopic (exact) mass is 306 g/mol. The third kappa shape index (κ3) is 4.69. The summed E-state index contributed by atoms with van der Waals surface area (Å²) in [5.74, 6) is -1.23. The van der Waals surface area contributed by atoms with E-state index in [0.29, 0.717) is 12.2 Å². The lowest BCUT2D eigenvalue weighted by molar-refractivity contribution is -0.142. The summed E-state index contributed by atoms with van der Waals surface area (Å²) < 4.78 is 5.37. The molecule has 0 saturated heterocycles. The molecule has 1 aromatic rings. The van der Waals surface area contributed by atoms with Crippen molar-refractivity contribution < 1.29 is 24.2 Å². The van der Waals surface area contributed by atoms with E-state index in [1.165, 1.54) is 0 Å². The Morgan fingerprint density at radius 3 is 2.41 bits per heavy atom. The highest BCUT2D eigenvalue weighted by Gasteiger charge is 2.27. The minimum atomic E-state index is -1.04. The third-order valence-corrected chi connectivity index (χ3v) is 3.48. The van der Waals surface area contributed by atoms with E-state index in [0.717, 1.165) is 23.0 Å². The van der Waals surface area contributed by atoms with E-state index in [1.54, 1.807) is 6.07 Å². The molecule has 0 aromatic heterocycles. The van der Waals surface area contributed by atoms with E-state index in [1.807, 2.05) is 33.8 Å². The zero-order chi connectivity index (χ0) is 16.9. The molecular formula is C17H22O5. The Kier molecular flexibility index (Phi) is 5.85. The van der Waals surface area contributed by atoms with Gasteiger partial charge in [-0.05, 0) is 31.0 Å². The number of benzene rings is 1. The quantitative estimate of drug-likeness (QED) is 0.476. The molecule has 1 aromatic carbocycles. The Morgan fingerprint density at radius 1 is 1.23 bits per heavy atom. The Morgan fingerprint density at radius 2 is 1.86 bits per heavy atom. The normalized spacial score (nSPS) is 11.1. The van der Waals surface area contributed by atoms with E-state index < -0.39 is 17.4 Å². The van der Waals surface area contributed by atoms with Crippen molar-refractivity contribution in [3.05, 3.63) is 28.8 Å². The summed E-state index contributed by atoms with van der Waals surface area (Å²) in [5, 5.41) is 8.62. The summed E-state index contributed by atoms with van der Waals surface area (Å²) in [6.45, 7) is 7.61. The number of ether oxygens (including phenoxy) is 1. The third-order valence-electron chi connectivity index (χ3n) is 3.48. The van der Waals surface area contributed by atoms with Gasteiger partial charge in [-0.1, -0.05) is 19.9 Å². The number of aldehydes is 1. The molecular weight excluding hydrogens is 284 g/mol. The van der Waals surface area contributed by atoms with E-state index in [4.69, 9.17) is 9.84 Å². The molecule has 0 saturated carbocycles. The first-order chi connectivity index (χ1) is 10.2. The number of aliphatic carboxylic acids is 1. The molecule has 0 fully saturated rings. The topological polar surface area (TPSA) is 80.7 Å². The van der Waals surface area contributed by atoms with Gasteiger partial charge in [-0.2, -0.15) is 0 Å². The van der Waals surface area contributed by atoms with Gasteiger partial charge in [0.2, 0.25) is 0 Å². The van der Waals surface area contributed by atoms with Crippen LogP contribution in [0.25, 0.3) is 0 Å². The fraction of sp³-hybridized carbons (Fsp3) is 0.471. The zero-order valence-electron chi connectivity index (χ0n) is 13.4. The molecule has 5 nitrogen and oxygen atoms in total. The lowest BCUT2D eigenvalue weighted by Crippen LogP contribution is -2.22. The maximum Gasteiger partial charge on any atom is 0.311 e. The van der Waals surface area contributed by atoms with Crippen molar-refractivity contribution in [1.82, 2.24) is 0 Å². The molecule has 0 unspecified atom stereocenters. The molecule has 0 spiro atoms. The molecule has 0 bridgehead atoms. The molecule has 0 radical (unpaired) electrons. The van der Waals surface area contributed by atoms with Crippen molar-refractivity contribution in [2.45, 2.75) is 52.4 Å². The van der Waals surface area contributed by atoms with Crippen molar-refractivity contribution >= 4 is 18.2 Å². The number of rotatable bonds is 7. The highest BCUT2D eigenvalue weighted by Crippen LogP contribution is 2.37. The van der Waals surface area contributed by atoms with Crippen molar-refractivity contribution in [3.8, 4) is 5.75 Å². The minimum absolute atomic E-state index is 0.185. The first-order valence-corrected chi connectivity index (χ1v) is 7.15. The van der Waals surface area contributed by atoms with Crippen LogP contribution in [0.2, 0.25) is 0 Å².